The highest BCUT2D eigenvalue weighted by molar-refractivity contribution is 6.18. The van der Waals surface area contributed by atoms with Gasteiger partial charge in [-0.1, -0.05) is 66.7 Å². The van der Waals surface area contributed by atoms with Gasteiger partial charge in [-0.15, -0.1) is 0 Å². The maximum atomic E-state index is 11.6. The molecule has 0 saturated carbocycles. The first kappa shape index (κ1) is 15.6. The van der Waals surface area contributed by atoms with Gasteiger partial charge in [0.15, 0.2) is 11.6 Å². The summed E-state index contributed by atoms with van der Waals surface area (Å²) in [4.78, 5) is 23.1. The third-order valence-electron chi connectivity index (χ3n) is 3.34. The number of allylic oxidation sites excluding steroid dienone is 3. The summed E-state index contributed by atoms with van der Waals surface area (Å²) in [5, 5.41) is 0. The number of hydrogen-bond donors (Lipinski definition) is 0. The fourth-order valence-corrected chi connectivity index (χ4v) is 2.24. The molecule has 0 radical (unpaired) electrons. The molecule has 0 saturated heterocycles. The molecule has 0 aliphatic heterocycles. The van der Waals surface area contributed by atoms with Crippen molar-refractivity contribution in [3.63, 3.8) is 0 Å². The first-order chi connectivity index (χ1) is 10.6. The number of ketones is 2. The third kappa shape index (κ3) is 3.89. The predicted molar refractivity (Wildman–Crippen MR) is 89.4 cm³/mol. The molecule has 0 fully saturated rings. The van der Waals surface area contributed by atoms with Crippen molar-refractivity contribution < 1.29 is 9.59 Å². The van der Waals surface area contributed by atoms with Crippen molar-refractivity contribution in [3.05, 3.63) is 89.5 Å². The summed E-state index contributed by atoms with van der Waals surface area (Å²) in [6.07, 6.45) is 3.45. The van der Waals surface area contributed by atoms with Gasteiger partial charge in [0.2, 0.25) is 0 Å². The van der Waals surface area contributed by atoms with Gasteiger partial charge >= 0.3 is 0 Å². The molecule has 0 amide bonds. The SMILES string of the molecule is CC(=O)C(=CC=C(c1ccccc1)c1ccccc1)C(C)=O. The average molecular weight is 290 g/mol. The summed E-state index contributed by atoms with van der Waals surface area (Å²) in [6, 6.07) is 19.8. The van der Waals surface area contributed by atoms with Gasteiger partial charge in [0.25, 0.3) is 0 Å². The lowest BCUT2D eigenvalue weighted by Gasteiger charge is -2.08. The van der Waals surface area contributed by atoms with Crippen LogP contribution in [0.5, 0.6) is 0 Å². The summed E-state index contributed by atoms with van der Waals surface area (Å²) in [6.45, 7) is 2.82. The molecule has 0 bridgehead atoms. The smallest absolute Gasteiger partial charge is 0.163 e. The Morgan fingerprint density at radius 1 is 0.682 bits per heavy atom. The fourth-order valence-electron chi connectivity index (χ4n) is 2.24. The molecule has 0 atom stereocenters. The second kappa shape index (κ2) is 7.32. The quantitative estimate of drug-likeness (QED) is 0.357. The lowest BCUT2D eigenvalue weighted by molar-refractivity contribution is -0.119. The predicted octanol–water partition coefficient (Wildman–Crippen LogP) is 4.22. The second-order valence-corrected chi connectivity index (χ2v) is 5.01. The average Bonchev–Trinajstić information content (AvgIpc) is 2.52. The van der Waals surface area contributed by atoms with Gasteiger partial charge in [0, 0.05) is 0 Å². The van der Waals surface area contributed by atoms with Crippen molar-refractivity contribution in [2.45, 2.75) is 13.8 Å². The van der Waals surface area contributed by atoms with Crippen LogP contribution >= 0.6 is 0 Å². The van der Waals surface area contributed by atoms with Crippen LogP contribution < -0.4 is 0 Å². The molecule has 0 aromatic heterocycles. The van der Waals surface area contributed by atoms with E-state index in [-0.39, 0.29) is 17.1 Å². The van der Waals surface area contributed by atoms with Crippen LogP contribution in [0.4, 0.5) is 0 Å². The molecule has 2 aromatic rings. The van der Waals surface area contributed by atoms with Crippen LogP contribution in [0.25, 0.3) is 5.57 Å². The topological polar surface area (TPSA) is 34.1 Å². The summed E-state index contributed by atoms with van der Waals surface area (Å²) >= 11 is 0. The molecule has 2 rings (SSSR count). The zero-order chi connectivity index (χ0) is 15.9. The normalized spacial score (nSPS) is 9.73. The Bertz CT molecular complexity index is 665. The minimum absolute atomic E-state index is 0.212. The van der Waals surface area contributed by atoms with Gasteiger partial charge in [0.1, 0.15) is 0 Å². The third-order valence-corrected chi connectivity index (χ3v) is 3.34. The maximum absolute atomic E-state index is 11.6. The molecule has 110 valence electrons. The second-order valence-electron chi connectivity index (χ2n) is 5.01. The van der Waals surface area contributed by atoms with E-state index in [0.29, 0.717) is 0 Å². The molecule has 2 heteroatoms. The summed E-state index contributed by atoms with van der Waals surface area (Å²) in [5.41, 5.74) is 3.26. The van der Waals surface area contributed by atoms with Crippen LogP contribution in [0.15, 0.2) is 78.4 Å². The van der Waals surface area contributed by atoms with E-state index in [1.807, 2.05) is 66.7 Å². The van der Waals surface area contributed by atoms with E-state index in [1.165, 1.54) is 13.8 Å². The van der Waals surface area contributed by atoms with Crippen molar-refractivity contribution in [2.75, 3.05) is 0 Å². The monoisotopic (exact) mass is 290 g/mol. The Labute approximate surface area is 130 Å². The standard InChI is InChI=1S/C20H18O2/c1-15(21)19(16(2)22)13-14-20(17-9-5-3-6-10-17)18-11-7-4-8-12-18/h3-14H,1-2H3. The van der Waals surface area contributed by atoms with E-state index in [4.69, 9.17) is 0 Å². The van der Waals surface area contributed by atoms with Crippen LogP contribution in [0.3, 0.4) is 0 Å². The van der Waals surface area contributed by atoms with Crippen molar-refractivity contribution in [3.8, 4) is 0 Å². The largest absolute Gasteiger partial charge is 0.294 e. The molecular weight excluding hydrogens is 272 g/mol. The molecular formula is C20H18O2. The Hall–Kier alpha value is -2.74. The Balaban J connectivity index is 2.55. The lowest BCUT2D eigenvalue weighted by Crippen LogP contribution is -2.05. The minimum atomic E-state index is -0.218. The van der Waals surface area contributed by atoms with Gasteiger partial charge in [-0.05, 0) is 36.6 Å². The highest BCUT2D eigenvalue weighted by Crippen LogP contribution is 2.23. The van der Waals surface area contributed by atoms with Gasteiger partial charge in [0.05, 0.1) is 5.57 Å². The highest BCUT2D eigenvalue weighted by Gasteiger charge is 2.09. The lowest BCUT2D eigenvalue weighted by atomic mass is 9.96. The van der Waals surface area contributed by atoms with Crippen LogP contribution in [-0.4, -0.2) is 11.6 Å². The van der Waals surface area contributed by atoms with Crippen LogP contribution in [-0.2, 0) is 9.59 Å². The van der Waals surface area contributed by atoms with E-state index in [1.54, 1.807) is 6.08 Å². The molecule has 2 aromatic carbocycles. The van der Waals surface area contributed by atoms with Crippen molar-refractivity contribution in [1.29, 1.82) is 0 Å². The van der Waals surface area contributed by atoms with E-state index < -0.39 is 0 Å². The molecule has 0 N–H and O–H groups in total. The number of carbonyl (C=O) groups is 2. The van der Waals surface area contributed by atoms with Crippen LogP contribution in [0.2, 0.25) is 0 Å². The molecule has 0 spiro atoms. The first-order valence-electron chi connectivity index (χ1n) is 7.14. The summed E-state index contributed by atoms with van der Waals surface area (Å²) < 4.78 is 0. The first-order valence-corrected chi connectivity index (χ1v) is 7.14. The number of benzene rings is 2. The minimum Gasteiger partial charge on any atom is -0.294 e. The molecule has 2 nitrogen and oxygen atoms in total. The summed E-state index contributed by atoms with van der Waals surface area (Å²) in [5.74, 6) is -0.437. The van der Waals surface area contributed by atoms with Crippen LogP contribution in [0, 0.1) is 0 Å². The Morgan fingerprint density at radius 3 is 1.45 bits per heavy atom. The van der Waals surface area contributed by atoms with E-state index >= 15 is 0 Å². The zero-order valence-electron chi connectivity index (χ0n) is 12.7. The van der Waals surface area contributed by atoms with E-state index in [9.17, 15) is 9.59 Å². The van der Waals surface area contributed by atoms with Crippen molar-refractivity contribution in [2.24, 2.45) is 0 Å². The fraction of sp³-hybridized carbons (Fsp3) is 0.100. The number of rotatable bonds is 5. The number of Topliss-reactive ketones (excluding diaryl/α,β-unsaturated/α-hetero) is 2. The van der Waals surface area contributed by atoms with Gasteiger partial charge < -0.3 is 0 Å². The van der Waals surface area contributed by atoms with Gasteiger partial charge in [-0.2, -0.15) is 0 Å². The van der Waals surface area contributed by atoms with E-state index in [2.05, 4.69) is 0 Å². The van der Waals surface area contributed by atoms with Gasteiger partial charge in [-0.25, -0.2) is 0 Å². The Kier molecular flexibility index (Phi) is 5.21. The Morgan fingerprint density at radius 2 is 1.09 bits per heavy atom. The number of carbonyl (C=O) groups excluding carboxylic acids is 2. The molecule has 0 aliphatic carbocycles. The highest BCUT2D eigenvalue weighted by atomic mass is 16.1. The summed E-state index contributed by atoms with van der Waals surface area (Å²) in [7, 11) is 0. The van der Waals surface area contributed by atoms with Crippen LogP contribution in [0.1, 0.15) is 25.0 Å². The maximum Gasteiger partial charge on any atom is 0.163 e. The number of hydrogen-bond acceptors (Lipinski definition) is 2. The van der Waals surface area contributed by atoms with Gasteiger partial charge in [-0.3, -0.25) is 9.59 Å². The van der Waals surface area contributed by atoms with Crippen molar-refractivity contribution >= 4 is 17.1 Å². The molecule has 0 aliphatic rings. The molecule has 0 heterocycles. The van der Waals surface area contributed by atoms with Crippen molar-refractivity contribution in [1.82, 2.24) is 0 Å². The zero-order valence-corrected chi connectivity index (χ0v) is 12.7. The molecule has 0 unspecified atom stereocenters. The van der Waals surface area contributed by atoms with E-state index in [0.717, 1.165) is 16.7 Å². The molecule has 22 heavy (non-hydrogen) atoms.